The monoisotopic (exact) mass is 1010 g/mol. The molecule has 7 rings (SSSR count). The molecule has 4 aromatic carbocycles. The number of hydrogen-bond donors (Lipinski definition) is 1. The molecule has 16 nitrogen and oxygen atoms in total. The summed E-state index contributed by atoms with van der Waals surface area (Å²) in [5.41, 5.74) is 3.70. The van der Waals surface area contributed by atoms with E-state index in [2.05, 4.69) is 0 Å². The molecule has 360 valence electrons. The first kappa shape index (κ1) is 50.2. The quantitative estimate of drug-likeness (QED) is 0.0634. The fourth-order valence-electron chi connectivity index (χ4n) is 8.28. The van der Waals surface area contributed by atoms with Crippen LogP contribution in [0.3, 0.4) is 0 Å². The molecular formula is C48H61O16SSe+. The van der Waals surface area contributed by atoms with Crippen molar-refractivity contribution in [2.24, 2.45) is 0 Å². The first-order valence-corrected chi connectivity index (χ1v) is 26.3. The molecule has 4 aromatic rings. The van der Waals surface area contributed by atoms with E-state index >= 15 is 0 Å². The Bertz CT molecular complexity index is 2220. The molecule has 0 aliphatic carbocycles. The Hall–Kier alpha value is -3.69. The number of ether oxygens (including phenoxy) is 12. The minimum absolute atomic E-state index is 0.129. The van der Waals surface area contributed by atoms with E-state index in [1.165, 1.54) is 14.2 Å². The van der Waals surface area contributed by atoms with Crippen LogP contribution in [0.2, 0.25) is 15.5 Å². The van der Waals surface area contributed by atoms with Crippen LogP contribution < -0.4 is 14.2 Å². The molecule has 3 heterocycles. The topological polar surface area (TPSA) is 174 Å². The molecule has 0 amide bonds. The molecule has 0 bridgehead atoms. The van der Waals surface area contributed by atoms with Gasteiger partial charge in [-0.1, -0.05) is 0 Å². The van der Waals surface area contributed by atoms with Crippen molar-refractivity contribution < 1.29 is 74.0 Å². The summed E-state index contributed by atoms with van der Waals surface area (Å²) in [6, 6.07) is 32.6. The van der Waals surface area contributed by atoms with Gasteiger partial charge in [-0.15, -0.1) is 0 Å². The van der Waals surface area contributed by atoms with Crippen molar-refractivity contribution in [2.45, 2.75) is 110 Å². The van der Waals surface area contributed by atoms with E-state index < -0.39 is 78.8 Å². The molecule has 1 unspecified atom stereocenters. The fraction of sp³-hybridized carbons (Fsp3) is 0.500. The van der Waals surface area contributed by atoms with Crippen molar-refractivity contribution in [2.75, 3.05) is 42.2 Å². The van der Waals surface area contributed by atoms with Gasteiger partial charge in [-0.2, -0.15) is 0 Å². The summed E-state index contributed by atoms with van der Waals surface area (Å²) in [7, 11) is 2.66. The van der Waals surface area contributed by atoms with Gasteiger partial charge in [-0.05, 0) is 0 Å². The van der Waals surface area contributed by atoms with Gasteiger partial charge in [0.05, 0.1) is 0 Å². The number of hydrogen-bond acceptors (Lipinski definition) is 15. The summed E-state index contributed by atoms with van der Waals surface area (Å²) >= 11 is -2.06. The fourth-order valence-corrected chi connectivity index (χ4v) is 15.0. The van der Waals surface area contributed by atoms with Crippen LogP contribution >= 0.6 is 0 Å². The Balaban J connectivity index is 1.23. The van der Waals surface area contributed by atoms with Gasteiger partial charge < -0.3 is 0 Å². The summed E-state index contributed by atoms with van der Waals surface area (Å²) < 4.78 is 116. The second-order valence-corrected chi connectivity index (χ2v) is 22.4. The van der Waals surface area contributed by atoms with Gasteiger partial charge in [0, 0.05) is 0 Å². The van der Waals surface area contributed by atoms with Gasteiger partial charge in [-0.25, -0.2) is 0 Å². The Labute approximate surface area is 391 Å². The van der Waals surface area contributed by atoms with Gasteiger partial charge in [0.15, 0.2) is 0 Å². The summed E-state index contributed by atoms with van der Waals surface area (Å²) in [5.74, 6) is -0.891. The molecule has 0 aromatic heterocycles. The predicted octanol–water partition coefficient (Wildman–Crippen LogP) is 6.92. The molecule has 0 spiro atoms. The molecular weight excluding hydrogens is 944 g/mol. The molecule has 0 radical (unpaired) electrons. The van der Waals surface area contributed by atoms with Crippen LogP contribution in [-0.4, -0.2) is 124 Å². The van der Waals surface area contributed by atoms with E-state index in [-0.39, 0.29) is 24.6 Å². The van der Waals surface area contributed by atoms with E-state index in [0.717, 1.165) is 39.5 Å². The zero-order valence-electron chi connectivity index (χ0n) is 38.3. The second kappa shape index (κ2) is 22.6. The van der Waals surface area contributed by atoms with Gasteiger partial charge >= 0.3 is 393 Å². The van der Waals surface area contributed by atoms with Crippen molar-refractivity contribution in [1.82, 2.24) is 0 Å². The maximum atomic E-state index is 12.8. The van der Waals surface area contributed by atoms with E-state index in [1.54, 1.807) is 35.2 Å². The van der Waals surface area contributed by atoms with E-state index in [0.29, 0.717) is 23.9 Å². The van der Waals surface area contributed by atoms with E-state index in [1.807, 2.05) is 103 Å². The number of methoxy groups -OCH3 is 5. The number of fused-ring (bicyclic) bond motifs is 1. The predicted molar refractivity (Wildman–Crippen MR) is 242 cm³/mol. The molecule has 0 saturated carbocycles. The van der Waals surface area contributed by atoms with Crippen molar-refractivity contribution in [3.8, 4) is 17.2 Å². The summed E-state index contributed by atoms with van der Waals surface area (Å²) in [6.07, 6.45) is -6.69. The van der Waals surface area contributed by atoms with Crippen molar-refractivity contribution in [3.63, 3.8) is 0 Å². The van der Waals surface area contributed by atoms with Crippen LogP contribution in [-0.2, 0) is 83.6 Å². The molecule has 18 heteroatoms. The van der Waals surface area contributed by atoms with Crippen LogP contribution in [0.15, 0.2) is 103 Å². The van der Waals surface area contributed by atoms with Gasteiger partial charge in [0.25, 0.3) is 0 Å². The Morgan fingerprint density at radius 3 is 1.62 bits per heavy atom. The average molecular weight is 1010 g/mol. The molecule has 3 aliphatic heterocycles. The zero-order chi connectivity index (χ0) is 46.9. The first-order valence-electron chi connectivity index (χ1n) is 21.6. The van der Waals surface area contributed by atoms with Crippen LogP contribution in [0, 0.1) is 0 Å². The maximum absolute atomic E-state index is 12.8. The van der Waals surface area contributed by atoms with E-state index in [9.17, 15) is 13.0 Å². The number of benzene rings is 4. The Kier molecular flexibility index (Phi) is 17.2. The first-order chi connectivity index (χ1) is 31.8. The molecule has 66 heavy (non-hydrogen) atoms. The third-order valence-electron chi connectivity index (χ3n) is 12.3. The van der Waals surface area contributed by atoms with E-state index in [4.69, 9.17) is 61.0 Å². The number of rotatable bonds is 22. The van der Waals surface area contributed by atoms with Crippen LogP contribution in [0.25, 0.3) is 0 Å². The molecule has 11 atom stereocenters. The van der Waals surface area contributed by atoms with Crippen LogP contribution in [0.1, 0.15) is 36.1 Å². The summed E-state index contributed by atoms with van der Waals surface area (Å²) in [6.45, 7) is 4.57. The molecule has 3 saturated heterocycles. The van der Waals surface area contributed by atoms with Crippen molar-refractivity contribution in [1.29, 1.82) is 0 Å². The van der Waals surface area contributed by atoms with Gasteiger partial charge in [0.1, 0.15) is 0 Å². The minimum atomic E-state index is -5.08. The van der Waals surface area contributed by atoms with Crippen LogP contribution in [0.5, 0.6) is 17.2 Å². The normalized spacial score (nSPS) is 29.8. The van der Waals surface area contributed by atoms with Crippen molar-refractivity contribution >= 4 is 24.3 Å². The Morgan fingerprint density at radius 2 is 1.11 bits per heavy atom. The Morgan fingerprint density at radius 1 is 0.621 bits per heavy atom. The van der Waals surface area contributed by atoms with Crippen LogP contribution in [0.4, 0.5) is 0 Å². The summed E-state index contributed by atoms with van der Waals surface area (Å²) in [4.78, 5) is -0.205. The molecule has 1 N–H and O–H groups in total. The third kappa shape index (κ3) is 12.3. The second-order valence-electron chi connectivity index (χ2n) is 16.4. The summed E-state index contributed by atoms with van der Waals surface area (Å²) in [5, 5.41) is 0.877. The van der Waals surface area contributed by atoms with Gasteiger partial charge in [0.2, 0.25) is 0 Å². The SMILES string of the molecule is COc1ccc(COC[C@@H]2[C@@H](OCc3ccc(OC)cc3)[C@H](OCc3ccc(OC)cc3)C[Se+]2C[C@H]2O[C@@H](OCc3ccccc3)[C@@H]3O[C@@](C)(OC)[C@](C)(OC)O[C@H]3[C@H]2OS(=O)(=O)O)cc1. The standard InChI is InChI=1S/C48H60O16SSe/c1-47(55-6)48(2,56-7)63-45-44(62-47)43(64-65(49,50)51)40(61-46(45)60-28-32-11-9-8-10-12-32)31-66-30-39(58-26-34-15-21-37(53-4)22-16-34)42(59-27-35-17-23-38(54-5)24-18-35)41(66)29-57-25-33-13-19-36(52-3)20-14-33/h8-24,39-46H,25-31H2,1-7H3/p+1/t39-,40-,41-,42+,43+,44+,45-,46-,47-,48-,66?/m1/s1. The third-order valence-corrected chi connectivity index (χ3v) is 18.5. The zero-order valence-corrected chi connectivity index (χ0v) is 40.8. The van der Waals surface area contributed by atoms with Gasteiger partial charge in [-0.3, -0.25) is 0 Å². The van der Waals surface area contributed by atoms with Crippen molar-refractivity contribution in [3.05, 3.63) is 125 Å². The molecule has 3 aliphatic rings. The molecule has 3 fully saturated rings. The average Bonchev–Trinajstić information content (AvgIpc) is 3.66.